The van der Waals surface area contributed by atoms with Crippen LogP contribution in [0.4, 0.5) is 0 Å². The zero-order chi connectivity index (χ0) is 17.5. The molecule has 140 valence electrons. The van der Waals surface area contributed by atoms with E-state index in [4.69, 9.17) is 5.73 Å². The summed E-state index contributed by atoms with van der Waals surface area (Å²) < 4.78 is 25.8. The lowest BCUT2D eigenvalue weighted by atomic mass is 10.1. The van der Waals surface area contributed by atoms with Gasteiger partial charge in [0.25, 0.3) is 0 Å². The van der Waals surface area contributed by atoms with Crippen molar-refractivity contribution in [2.75, 3.05) is 13.1 Å². The molecule has 2 N–H and O–H groups in total. The van der Waals surface area contributed by atoms with E-state index in [1.54, 1.807) is 17.9 Å². The lowest BCUT2D eigenvalue weighted by molar-refractivity contribution is -0.132. The quantitative estimate of drug-likeness (QED) is 0.864. The second-order valence-electron chi connectivity index (χ2n) is 7.27. The molecule has 1 aromatic rings. The summed E-state index contributed by atoms with van der Waals surface area (Å²) in [4.78, 5) is 15.2. The Kier molecular flexibility index (Phi) is 5.86. The number of carbonyl (C=O) groups excluding carboxylic acids is 1. The van der Waals surface area contributed by atoms with Crippen LogP contribution in [-0.4, -0.2) is 43.1 Å². The monoisotopic (exact) mass is 386 g/mol. The molecular formula is C18H27ClN2O3S. The maximum atomic E-state index is 13.5. The van der Waals surface area contributed by atoms with Crippen LogP contribution in [0, 0.1) is 13.8 Å². The summed E-state index contributed by atoms with van der Waals surface area (Å²) in [7, 11) is -3.74. The van der Waals surface area contributed by atoms with Crippen LogP contribution in [0.25, 0.3) is 0 Å². The Labute approximate surface area is 156 Å². The summed E-state index contributed by atoms with van der Waals surface area (Å²) in [5.41, 5.74) is 7.52. The minimum atomic E-state index is -3.74. The second-order valence-corrected chi connectivity index (χ2v) is 9.50. The van der Waals surface area contributed by atoms with Gasteiger partial charge in [-0.05, 0) is 50.3 Å². The molecule has 25 heavy (non-hydrogen) atoms. The molecular weight excluding hydrogens is 360 g/mol. The van der Waals surface area contributed by atoms with Gasteiger partial charge in [0.05, 0.1) is 4.90 Å². The summed E-state index contributed by atoms with van der Waals surface area (Å²) in [6.45, 7) is 4.69. The molecule has 1 aliphatic carbocycles. The van der Waals surface area contributed by atoms with Gasteiger partial charge in [-0.1, -0.05) is 25.0 Å². The molecule has 7 heteroatoms. The van der Waals surface area contributed by atoms with Crippen LogP contribution < -0.4 is 5.73 Å². The molecule has 0 spiro atoms. The van der Waals surface area contributed by atoms with Crippen molar-refractivity contribution in [3.63, 3.8) is 0 Å². The molecule has 0 radical (unpaired) electrons. The second kappa shape index (κ2) is 7.25. The van der Waals surface area contributed by atoms with Crippen molar-refractivity contribution in [1.82, 2.24) is 4.90 Å². The highest BCUT2D eigenvalue weighted by molar-refractivity contribution is 7.93. The van der Waals surface area contributed by atoms with E-state index >= 15 is 0 Å². The predicted octanol–water partition coefficient (Wildman–Crippen LogP) is 2.37. The number of benzene rings is 1. The first-order chi connectivity index (χ1) is 11.3. The molecule has 1 unspecified atom stereocenters. The molecule has 1 aliphatic heterocycles. The molecule has 1 atom stereocenters. The number of hydrogen-bond acceptors (Lipinski definition) is 4. The first kappa shape index (κ1) is 20.2. The average Bonchev–Trinajstić information content (AvgIpc) is 3.18. The molecule has 5 nitrogen and oxygen atoms in total. The smallest absolute Gasteiger partial charge is 0.244 e. The van der Waals surface area contributed by atoms with Crippen LogP contribution >= 0.6 is 12.4 Å². The summed E-state index contributed by atoms with van der Waals surface area (Å²) in [6, 6.07) is 5.38. The maximum Gasteiger partial charge on any atom is 0.244 e. The van der Waals surface area contributed by atoms with Crippen LogP contribution in [0.3, 0.4) is 0 Å². The molecule has 2 aliphatic rings. The molecule has 1 aromatic carbocycles. The van der Waals surface area contributed by atoms with Crippen molar-refractivity contribution in [1.29, 1.82) is 0 Å². The summed E-state index contributed by atoms with van der Waals surface area (Å²) in [5.74, 6) is -0.242. The number of nitrogens with two attached hydrogens (primary N) is 1. The van der Waals surface area contributed by atoms with Gasteiger partial charge in [-0.25, -0.2) is 8.42 Å². The van der Waals surface area contributed by atoms with Crippen LogP contribution in [-0.2, 0) is 14.6 Å². The van der Waals surface area contributed by atoms with Crippen LogP contribution in [0.1, 0.15) is 43.2 Å². The molecule has 3 rings (SSSR count). The van der Waals surface area contributed by atoms with Gasteiger partial charge in [0.2, 0.25) is 5.91 Å². The number of rotatable bonds is 3. The molecule has 1 saturated carbocycles. The number of carbonyl (C=O) groups is 1. The fourth-order valence-corrected chi connectivity index (χ4v) is 6.45. The molecule has 1 amide bonds. The molecule has 0 bridgehead atoms. The van der Waals surface area contributed by atoms with E-state index in [1.165, 1.54) is 0 Å². The average molecular weight is 387 g/mol. The minimum Gasteiger partial charge on any atom is -0.340 e. The number of likely N-dealkylation sites (tertiary alicyclic amines) is 1. The Bertz CT molecular complexity index is 758. The largest absolute Gasteiger partial charge is 0.340 e. The SMILES string of the molecule is Cc1ccc(C)c(S(=O)(=O)C2(C(=O)N3CCC(N)C3)CCCC2)c1.Cl. The van der Waals surface area contributed by atoms with Gasteiger partial charge in [-0.15, -0.1) is 12.4 Å². The third-order valence-corrected chi connectivity index (χ3v) is 8.09. The Balaban J connectivity index is 0.00000225. The van der Waals surface area contributed by atoms with Crippen molar-refractivity contribution in [2.45, 2.75) is 61.6 Å². The van der Waals surface area contributed by atoms with E-state index in [9.17, 15) is 13.2 Å². The Morgan fingerprint density at radius 2 is 1.88 bits per heavy atom. The molecule has 1 saturated heterocycles. The van der Waals surface area contributed by atoms with Crippen LogP contribution in [0.5, 0.6) is 0 Å². The number of hydrogen-bond donors (Lipinski definition) is 1. The highest BCUT2D eigenvalue weighted by atomic mass is 35.5. The van der Waals surface area contributed by atoms with Gasteiger partial charge >= 0.3 is 0 Å². The lowest BCUT2D eigenvalue weighted by Crippen LogP contribution is -2.52. The van der Waals surface area contributed by atoms with Crippen LogP contribution in [0.2, 0.25) is 0 Å². The Morgan fingerprint density at radius 3 is 2.44 bits per heavy atom. The molecule has 1 heterocycles. The van der Waals surface area contributed by atoms with Crippen molar-refractivity contribution < 1.29 is 13.2 Å². The van der Waals surface area contributed by atoms with Crippen molar-refractivity contribution >= 4 is 28.2 Å². The normalized spacial score (nSPS) is 22.7. The van der Waals surface area contributed by atoms with Crippen molar-refractivity contribution in [3.8, 4) is 0 Å². The standard InChI is InChI=1S/C18H26N2O3S.ClH/c1-13-5-6-14(2)16(11-13)24(22,23)18(8-3-4-9-18)17(21)20-10-7-15(19)12-20;/h5-6,11,15H,3-4,7-10,12,19H2,1-2H3;1H. The van der Waals surface area contributed by atoms with Gasteiger partial charge in [0, 0.05) is 19.1 Å². The van der Waals surface area contributed by atoms with E-state index in [-0.39, 0.29) is 24.4 Å². The number of nitrogens with zero attached hydrogens (tertiary/aromatic N) is 1. The van der Waals surface area contributed by atoms with E-state index < -0.39 is 14.6 Å². The van der Waals surface area contributed by atoms with E-state index in [1.807, 2.05) is 19.1 Å². The highest BCUT2D eigenvalue weighted by Crippen LogP contribution is 2.43. The van der Waals surface area contributed by atoms with E-state index in [2.05, 4.69) is 0 Å². The third kappa shape index (κ3) is 3.32. The topological polar surface area (TPSA) is 80.5 Å². The summed E-state index contributed by atoms with van der Waals surface area (Å²) in [5, 5.41) is 0. The molecule has 0 aromatic heterocycles. The maximum absolute atomic E-state index is 13.5. The molecule has 2 fully saturated rings. The number of halogens is 1. The van der Waals surface area contributed by atoms with Crippen molar-refractivity contribution in [2.24, 2.45) is 5.73 Å². The fourth-order valence-electron chi connectivity index (χ4n) is 4.01. The zero-order valence-electron chi connectivity index (χ0n) is 14.8. The van der Waals surface area contributed by atoms with Gasteiger partial charge in [0.1, 0.15) is 0 Å². The zero-order valence-corrected chi connectivity index (χ0v) is 16.5. The first-order valence-electron chi connectivity index (χ1n) is 8.65. The number of amides is 1. The predicted molar refractivity (Wildman–Crippen MR) is 101 cm³/mol. The minimum absolute atomic E-state index is 0. The summed E-state index contributed by atoms with van der Waals surface area (Å²) in [6.07, 6.45) is 3.11. The van der Waals surface area contributed by atoms with E-state index in [0.29, 0.717) is 36.4 Å². The van der Waals surface area contributed by atoms with Crippen LogP contribution in [0.15, 0.2) is 23.1 Å². The van der Waals surface area contributed by atoms with E-state index in [0.717, 1.165) is 24.8 Å². The number of sulfone groups is 1. The Hall–Kier alpha value is -1.11. The van der Waals surface area contributed by atoms with Gasteiger partial charge in [0.15, 0.2) is 14.6 Å². The van der Waals surface area contributed by atoms with Crippen molar-refractivity contribution in [3.05, 3.63) is 29.3 Å². The lowest BCUT2D eigenvalue weighted by Gasteiger charge is -2.32. The summed E-state index contributed by atoms with van der Waals surface area (Å²) >= 11 is 0. The van der Waals surface area contributed by atoms with Gasteiger partial charge in [-0.3, -0.25) is 4.79 Å². The Morgan fingerprint density at radius 1 is 1.24 bits per heavy atom. The third-order valence-electron chi connectivity index (χ3n) is 5.46. The first-order valence-corrected chi connectivity index (χ1v) is 10.1. The highest BCUT2D eigenvalue weighted by Gasteiger charge is 2.55. The fraction of sp³-hybridized carbons (Fsp3) is 0.611. The number of aryl methyl sites for hydroxylation is 2. The van der Waals surface area contributed by atoms with Gasteiger partial charge in [-0.2, -0.15) is 0 Å². The van der Waals surface area contributed by atoms with Gasteiger partial charge < -0.3 is 10.6 Å².